The summed E-state index contributed by atoms with van der Waals surface area (Å²) in [6.07, 6.45) is 2.37. The molecule has 0 radical (unpaired) electrons. The fourth-order valence-electron chi connectivity index (χ4n) is 4.28. The molecule has 2 fully saturated rings. The standard InChI is InChI=1S/C25H29ClN4O3/c26-22-9-2-1-7-20(22)17-23(31)28-12-14-30(15-13-28)25(33)27-18-19-6-5-8-21(16-19)24(32)29-10-3-4-11-29/h1-2,5-9,16H,3-4,10-15,17-18H2,(H,27,33). The Morgan fingerprint density at radius 3 is 2.24 bits per heavy atom. The van der Waals surface area contributed by atoms with E-state index < -0.39 is 0 Å². The van der Waals surface area contributed by atoms with Gasteiger partial charge < -0.3 is 20.0 Å². The summed E-state index contributed by atoms with van der Waals surface area (Å²) in [6.45, 7) is 3.93. The van der Waals surface area contributed by atoms with E-state index in [0.29, 0.717) is 43.3 Å². The van der Waals surface area contributed by atoms with Gasteiger partial charge in [0.15, 0.2) is 0 Å². The maximum absolute atomic E-state index is 12.6. The summed E-state index contributed by atoms with van der Waals surface area (Å²) in [7, 11) is 0. The molecule has 0 aromatic heterocycles. The van der Waals surface area contributed by atoms with Crippen LogP contribution in [-0.4, -0.2) is 71.8 Å². The summed E-state index contributed by atoms with van der Waals surface area (Å²) in [5.74, 6) is 0.0703. The summed E-state index contributed by atoms with van der Waals surface area (Å²) in [6, 6.07) is 14.6. The normalized spacial score (nSPS) is 16.1. The number of nitrogens with zero attached hydrogens (tertiary/aromatic N) is 3. The van der Waals surface area contributed by atoms with Crippen molar-refractivity contribution < 1.29 is 14.4 Å². The molecule has 0 spiro atoms. The van der Waals surface area contributed by atoms with E-state index >= 15 is 0 Å². The van der Waals surface area contributed by atoms with E-state index in [-0.39, 0.29) is 24.3 Å². The predicted molar refractivity (Wildman–Crippen MR) is 127 cm³/mol. The van der Waals surface area contributed by atoms with Gasteiger partial charge in [-0.05, 0) is 42.2 Å². The lowest BCUT2D eigenvalue weighted by molar-refractivity contribution is -0.131. The SMILES string of the molecule is O=C(Cc1ccccc1Cl)N1CCN(C(=O)NCc2cccc(C(=O)N3CCCC3)c2)CC1. The number of urea groups is 1. The number of piperazine rings is 1. The first-order chi connectivity index (χ1) is 16.0. The zero-order valence-corrected chi connectivity index (χ0v) is 19.4. The van der Waals surface area contributed by atoms with E-state index in [1.807, 2.05) is 47.4 Å². The number of benzene rings is 2. The Kier molecular flexibility index (Phi) is 7.50. The summed E-state index contributed by atoms with van der Waals surface area (Å²) in [5, 5.41) is 3.53. The van der Waals surface area contributed by atoms with Gasteiger partial charge in [0.25, 0.3) is 5.91 Å². The van der Waals surface area contributed by atoms with Crippen LogP contribution in [0.2, 0.25) is 5.02 Å². The first kappa shape index (κ1) is 23.1. The maximum Gasteiger partial charge on any atom is 0.317 e. The number of likely N-dealkylation sites (tertiary alicyclic amines) is 1. The van der Waals surface area contributed by atoms with E-state index in [1.54, 1.807) is 15.9 Å². The van der Waals surface area contributed by atoms with Crippen molar-refractivity contribution in [1.29, 1.82) is 0 Å². The van der Waals surface area contributed by atoms with Crippen LogP contribution in [0.3, 0.4) is 0 Å². The molecular formula is C25H29ClN4O3. The highest BCUT2D eigenvalue weighted by Crippen LogP contribution is 2.17. The molecule has 2 aliphatic heterocycles. The smallest absolute Gasteiger partial charge is 0.317 e. The third-order valence-corrected chi connectivity index (χ3v) is 6.60. The van der Waals surface area contributed by atoms with Gasteiger partial charge in [-0.25, -0.2) is 4.79 Å². The molecule has 2 aromatic carbocycles. The third kappa shape index (κ3) is 5.85. The molecule has 2 aliphatic rings. The summed E-state index contributed by atoms with van der Waals surface area (Å²) < 4.78 is 0. The maximum atomic E-state index is 12.6. The monoisotopic (exact) mass is 468 g/mol. The van der Waals surface area contributed by atoms with Crippen LogP contribution in [0.4, 0.5) is 4.79 Å². The van der Waals surface area contributed by atoms with Crippen LogP contribution in [0.25, 0.3) is 0 Å². The molecule has 0 bridgehead atoms. The van der Waals surface area contributed by atoms with Crippen LogP contribution in [0.5, 0.6) is 0 Å². The summed E-state index contributed by atoms with van der Waals surface area (Å²) in [5.41, 5.74) is 2.37. The second kappa shape index (κ2) is 10.7. The van der Waals surface area contributed by atoms with Crippen LogP contribution in [-0.2, 0) is 17.8 Å². The molecule has 7 nitrogen and oxygen atoms in total. The minimum atomic E-state index is -0.163. The lowest BCUT2D eigenvalue weighted by atomic mass is 10.1. The summed E-state index contributed by atoms with van der Waals surface area (Å²) >= 11 is 6.16. The highest BCUT2D eigenvalue weighted by Gasteiger charge is 2.24. The molecular weight excluding hydrogens is 440 g/mol. The first-order valence-corrected chi connectivity index (χ1v) is 11.8. The molecule has 0 atom stereocenters. The van der Waals surface area contributed by atoms with E-state index in [9.17, 15) is 14.4 Å². The zero-order chi connectivity index (χ0) is 23.2. The Balaban J connectivity index is 1.24. The predicted octanol–water partition coefficient (Wildman–Crippen LogP) is 3.17. The largest absolute Gasteiger partial charge is 0.339 e. The molecule has 2 saturated heterocycles. The molecule has 4 rings (SSSR count). The van der Waals surface area contributed by atoms with Crippen LogP contribution >= 0.6 is 11.6 Å². The molecule has 0 aliphatic carbocycles. The number of amides is 4. The molecule has 2 aromatic rings. The number of nitrogens with one attached hydrogen (secondary N) is 1. The molecule has 33 heavy (non-hydrogen) atoms. The van der Waals surface area contributed by atoms with E-state index in [1.165, 1.54) is 0 Å². The van der Waals surface area contributed by atoms with E-state index in [2.05, 4.69) is 5.32 Å². The van der Waals surface area contributed by atoms with E-state index in [4.69, 9.17) is 11.6 Å². The van der Waals surface area contributed by atoms with Gasteiger partial charge in [0.1, 0.15) is 0 Å². The fourth-order valence-corrected chi connectivity index (χ4v) is 4.48. The van der Waals surface area contributed by atoms with Crippen LogP contribution in [0, 0.1) is 0 Å². The second-order valence-corrected chi connectivity index (χ2v) is 8.90. The van der Waals surface area contributed by atoms with Gasteiger partial charge in [-0.2, -0.15) is 0 Å². The minimum absolute atomic E-state index is 0.0163. The number of carbonyl (C=O) groups excluding carboxylic acids is 3. The average molecular weight is 469 g/mol. The molecule has 2 heterocycles. The molecule has 1 N–H and O–H groups in total. The van der Waals surface area contributed by atoms with Crippen molar-refractivity contribution in [2.45, 2.75) is 25.8 Å². The van der Waals surface area contributed by atoms with Crippen LogP contribution in [0.1, 0.15) is 34.3 Å². The molecule has 0 saturated carbocycles. The third-order valence-electron chi connectivity index (χ3n) is 6.23. The number of hydrogen-bond donors (Lipinski definition) is 1. The quantitative estimate of drug-likeness (QED) is 0.732. The lowest BCUT2D eigenvalue weighted by Gasteiger charge is -2.34. The van der Waals surface area contributed by atoms with Crippen molar-refractivity contribution in [2.24, 2.45) is 0 Å². The van der Waals surface area contributed by atoms with Crippen molar-refractivity contribution >= 4 is 29.4 Å². The molecule has 174 valence electrons. The van der Waals surface area contributed by atoms with Gasteiger partial charge in [-0.3, -0.25) is 9.59 Å². The second-order valence-electron chi connectivity index (χ2n) is 8.49. The van der Waals surface area contributed by atoms with Crippen molar-refractivity contribution in [1.82, 2.24) is 20.0 Å². The number of hydrogen-bond acceptors (Lipinski definition) is 3. The fraction of sp³-hybridized carbons (Fsp3) is 0.400. The first-order valence-electron chi connectivity index (χ1n) is 11.4. The zero-order valence-electron chi connectivity index (χ0n) is 18.6. The van der Waals surface area contributed by atoms with Crippen molar-refractivity contribution in [3.63, 3.8) is 0 Å². The Morgan fingerprint density at radius 2 is 1.52 bits per heavy atom. The highest BCUT2D eigenvalue weighted by molar-refractivity contribution is 6.31. The van der Waals surface area contributed by atoms with Gasteiger partial charge >= 0.3 is 6.03 Å². The topological polar surface area (TPSA) is 73.0 Å². The Bertz CT molecular complexity index is 1010. The highest BCUT2D eigenvalue weighted by atomic mass is 35.5. The van der Waals surface area contributed by atoms with Gasteiger partial charge in [0.2, 0.25) is 5.91 Å². The summed E-state index contributed by atoms with van der Waals surface area (Å²) in [4.78, 5) is 43.2. The van der Waals surface area contributed by atoms with Crippen molar-refractivity contribution in [3.05, 3.63) is 70.2 Å². The number of carbonyl (C=O) groups is 3. The van der Waals surface area contributed by atoms with Crippen LogP contribution < -0.4 is 5.32 Å². The Morgan fingerprint density at radius 1 is 0.818 bits per heavy atom. The van der Waals surface area contributed by atoms with Crippen molar-refractivity contribution in [3.8, 4) is 0 Å². The molecule has 0 unspecified atom stereocenters. The Labute approximate surface area is 199 Å². The number of rotatable bonds is 5. The van der Waals surface area contributed by atoms with Gasteiger partial charge in [0, 0.05) is 56.4 Å². The lowest BCUT2D eigenvalue weighted by Crippen LogP contribution is -2.53. The van der Waals surface area contributed by atoms with E-state index in [0.717, 1.165) is 37.1 Å². The Hall–Kier alpha value is -3.06. The number of halogens is 1. The van der Waals surface area contributed by atoms with Gasteiger partial charge in [0.05, 0.1) is 6.42 Å². The molecule has 4 amide bonds. The van der Waals surface area contributed by atoms with Crippen molar-refractivity contribution in [2.75, 3.05) is 39.3 Å². The van der Waals surface area contributed by atoms with Gasteiger partial charge in [-0.1, -0.05) is 41.9 Å². The molecule has 8 heteroatoms. The van der Waals surface area contributed by atoms with Gasteiger partial charge in [-0.15, -0.1) is 0 Å². The van der Waals surface area contributed by atoms with Crippen LogP contribution in [0.15, 0.2) is 48.5 Å². The average Bonchev–Trinajstić information content (AvgIpc) is 3.39. The minimum Gasteiger partial charge on any atom is -0.339 e.